The molecule has 1 heterocycles. The third-order valence-corrected chi connectivity index (χ3v) is 3.74. The third kappa shape index (κ3) is 4.80. The highest BCUT2D eigenvalue weighted by molar-refractivity contribution is 7.99. The number of nitrogens with two attached hydrogens (primary N) is 1. The lowest BCUT2D eigenvalue weighted by molar-refractivity contribution is -0.274. The van der Waals surface area contributed by atoms with Crippen LogP contribution in [0.5, 0.6) is 5.75 Å². The van der Waals surface area contributed by atoms with Crippen LogP contribution in [0.1, 0.15) is 23.4 Å². The molecule has 0 amide bonds. The van der Waals surface area contributed by atoms with E-state index in [9.17, 15) is 13.2 Å². The molecule has 4 nitrogen and oxygen atoms in total. The summed E-state index contributed by atoms with van der Waals surface area (Å²) in [6.45, 7) is 3.72. The quantitative estimate of drug-likeness (QED) is 0.675. The summed E-state index contributed by atoms with van der Waals surface area (Å²) in [5.41, 5.74) is 7.26. The van der Waals surface area contributed by atoms with E-state index in [1.807, 2.05) is 13.8 Å². The van der Waals surface area contributed by atoms with Gasteiger partial charge in [0.15, 0.2) is 5.16 Å². The van der Waals surface area contributed by atoms with Crippen LogP contribution < -0.4 is 10.5 Å². The number of aryl methyl sites for hydroxylation is 1. The van der Waals surface area contributed by atoms with Crippen LogP contribution in [0.4, 0.5) is 19.0 Å². The summed E-state index contributed by atoms with van der Waals surface area (Å²) in [6.07, 6.45) is -4.69. The molecule has 2 rings (SSSR count). The minimum atomic E-state index is -4.69. The van der Waals surface area contributed by atoms with Crippen molar-refractivity contribution in [3.8, 4) is 5.75 Å². The largest absolute Gasteiger partial charge is 0.573 e. The lowest BCUT2D eigenvalue weighted by atomic mass is 10.2. The van der Waals surface area contributed by atoms with Crippen molar-refractivity contribution in [1.82, 2.24) is 9.97 Å². The zero-order valence-electron chi connectivity index (χ0n) is 11.9. The number of hydrogen-bond acceptors (Lipinski definition) is 5. The molecule has 1 aromatic heterocycles. The summed E-state index contributed by atoms with van der Waals surface area (Å²) in [5.74, 6) is 0.139. The number of benzene rings is 1. The number of halogens is 3. The topological polar surface area (TPSA) is 61.0 Å². The molecule has 0 unspecified atom stereocenters. The summed E-state index contributed by atoms with van der Waals surface area (Å²) < 4.78 is 40.2. The number of hydrogen-bond donors (Lipinski definition) is 1. The molecule has 0 aliphatic heterocycles. The van der Waals surface area contributed by atoms with Gasteiger partial charge in [0.1, 0.15) is 11.6 Å². The number of nitrogens with zero attached hydrogens (tertiary/aromatic N) is 2. The minimum absolute atomic E-state index is 0.0406. The first-order valence-electron chi connectivity index (χ1n) is 6.36. The van der Waals surface area contributed by atoms with E-state index in [4.69, 9.17) is 5.73 Å². The maximum atomic E-state index is 12.1. The van der Waals surface area contributed by atoms with Gasteiger partial charge in [-0.3, -0.25) is 0 Å². The van der Waals surface area contributed by atoms with Crippen molar-refractivity contribution in [2.24, 2.45) is 0 Å². The van der Waals surface area contributed by atoms with Crippen LogP contribution in [0.25, 0.3) is 0 Å². The molecule has 8 heteroatoms. The van der Waals surface area contributed by atoms with Crippen LogP contribution in [-0.2, 0) is 0 Å². The van der Waals surface area contributed by atoms with Gasteiger partial charge in [-0.2, -0.15) is 0 Å². The predicted octanol–water partition coefficient (Wildman–Crippen LogP) is 4.12. The van der Waals surface area contributed by atoms with E-state index >= 15 is 0 Å². The highest BCUT2D eigenvalue weighted by Gasteiger charge is 2.31. The van der Waals surface area contributed by atoms with Crippen molar-refractivity contribution in [3.63, 3.8) is 0 Å². The Balaban J connectivity index is 2.07. The average Bonchev–Trinajstić information content (AvgIpc) is 2.36. The van der Waals surface area contributed by atoms with Crippen LogP contribution in [-0.4, -0.2) is 16.3 Å². The normalized spacial score (nSPS) is 13.0. The highest BCUT2D eigenvalue weighted by atomic mass is 32.2. The number of aromatic nitrogens is 2. The lowest BCUT2D eigenvalue weighted by Crippen LogP contribution is -2.17. The summed E-state index contributed by atoms with van der Waals surface area (Å²) in [6, 6.07) is 7.39. The molecule has 0 spiro atoms. The Morgan fingerprint density at radius 1 is 1.18 bits per heavy atom. The van der Waals surface area contributed by atoms with E-state index in [1.54, 1.807) is 18.2 Å². The first-order chi connectivity index (χ1) is 10.2. The molecule has 22 heavy (non-hydrogen) atoms. The Kier molecular flexibility index (Phi) is 4.80. The number of rotatable bonds is 4. The molecule has 0 saturated heterocycles. The second-order valence-corrected chi connectivity index (χ2v) is 5.90. The van der Waals surface area contributed by atoms with Gasteiger partial charge in [-0.05, 0) is 31.5 Å². The number of nitrogen functional groups attached to an aromatic ring is 1. The standard InChI is InChI=1S/C14H14F3N3OS/c1-8-7-12(18)20-13(19-8)22-9(2)10-3-5-11(6-4-10)21-14(15,16)17/h3-7,9H,1-2H3,(H2,18,19,20)/t9-/m1/s1. The summed E-state index contributed by atoms with van der Waals surface area (Å²) in [4.78, 5) is 8.39. The van der Waals surface area contributed by atoms with E-state index in [-0.39, 0.29) is 11.0 Å². The van der Waals surface area contributed by atoms with Crippen molar-refractivity contribution in [2.75, 3.05) is 5.73 Å². The van der Waals surface area contributed by atoms with Crippen LogP contribution in [0, 0.1) is 6.92 Å². The maximum absolute atomic E-state index is 12.1. The van der Waals surface area contributed by atoms with E-state index in [1.165, 1.54) is 23.9 Å². The van der Waals surface area contributed by atoms with Gasteiger partial charge in [-0.25, -0.2) is 9.97 Å². The molecule has 0 radical (unpaired) electrons. The molecule has 118 valence electrons. The van der Waals surface area contributed by atoms with Crippen molar-refractivity contribution < 1.29 is 17.9 Å². The molecule has 0 bridgehead atoms. The molecule has 2 aromatic rings. The highest BCUT2D eigenvalue weighted by Crippen LogP contribution is 2.34. The Bertz CT molecular complexity index is 627. The maximum Gasteiger partial charge on any atom is 0.573 e. The van der Waals surface area contributed by atoms with Crippen molar-refractivity contribution in [3.05, 3.63) is 41.6 Å². The average molecular weight is 329 g/mol. The Labute approximate surface area is 129 Å². The van der Waals surface area contributed by atoms with Gasteiger partial charge in [0.05, 0.1) is 0 Å². The lowest BCUT2D eigenvalue weighted by Gasteiger charge is -2.13. The fourth-order valence-corrected chi connectivity index (χ4v) is 2.75. The Morgan fingerprint density at radius 3 is 2.36 bits per heavy atom. The molecular formula is C14H14F3N3OS. The molecule has 0 aliphatic rings. The molecule has 0 aliphatic carbocycles. The van der Waals surface area contributed by atoms with Crippen LogP contribution in [0.3, 0.4) is 0 Å². The molecular weight excluding hydrogens is 315 g/mol. The number of alkyl halides is 3. The zero-order valence-corrected chi connectivity index (χ0v) is 12.7. The van der Waals surface area contributed by atoms with Gasteiger partial charge in [0, 0.05) is 17.0 Å². The molecule has 2 N–H and O–H groups in total. The van der Waals surface area contributed by atoms with E-state index in [0.717, 1.165) is 11.3 Å². The van der Waals surface area contributed by atoms with Crippen LogP contribution in [0.15, 0.2) is 35.5 Å². The minimum Gasteiger partial charge on any atom is -0.406 e. The van der Waals surface area contributed by atoms with E-state index in [0.29, 0.717) is 11.0 Å². The van der Waals surface area contributed by atoms with Gasteiger partial charge in [0.25, 0.3) is 0 Å². The third-order valence-electron chi connectivity index (χ3n) is 2.72. The van der Waals surface area contributed by atoms with Gasteiger partial charge in [0.2, 0.25) is 0 Å². The number of ether oxygens (including phenoxy) is 1. The van der Waals surface area contributed by atoms with E-state index in [2.05, 4.69) is 14.7 Å². The van der Waals surface area contributed by atoms with Crippen molar-refractivity contribution in [1.29, 1.82) is 0 Å². The SMILES string of the molecule is Cc1cc(N)nc(S[C@H](C)c2ccc(OC(F)(F)F)cc2)n1. The van der Waals surface area contributed by atoms with Gasteiger partial charge < -0.3 is 10.5 Å². The second kappa shape index (κ2) is 6.43. The van der Waals surface area contributed by atoms with Crippen LogP contribution >= 0.6 is 11.8 Å². The molecule has 0 saturated carbocycles. The Hall–Kier alpha value is -1.96. The second-order valence-electron chi connectivity index (χ2n) is 4.59. The van der Waals surface area contributed by atoms with E-state index < -0.39 is 6.36 Å². The fourth-order valence-electron chi connectivity index (χ4n) is 1.78. The number of anilines is 1. The van der Waals surface area contributed by atoms with Gasteiger partial charge in [-0.1, -0.05) is 23.9 Å². The first kappa shape index (κ1) is 16.4. The molecule has 1 aromatic carbocycles. The van der Waals surface area contributed by atoms with Crippen molar-refractivity contribution in [2.45, 2.75) is 30.6 Å². The van der Waals surface area contributed by atoms with Crippen molar-refractivity contribution >= 4 is 17.6 Å². The zero-order chi connectivity index (χ0) is 16.3. The van der Waals surface area contributed by atoms with Gasteiger partial charge >= 0.3 is 6.36 Å². The van der Waals surface area contributed by atoms with Gasteiger partial charge in [-0.15, -0.1) is 13.2 Å². The van der Waals surface area contributed by atoms with Crippen LogP contribution in [0.2, 0.25) is 0 Å². The summed E-state index contributed by atoms with van der Waals surface area (Å²) in [7, 11) is 0. The number of thioether (sulfide) groups is 1. The summed E-state index contributed by atoms with van der Waals surface area (Å²) >= 11 is 1.38. The summed E-state index contributed by atoms with van der Waals surface area (Å²) in [5, 5.41) is 0.488. The first-order valence-corrected chi connectivity index (χ1v) is 7.24. The smallest absolute Gasteiger partial charge is 0.406 e. The monoisotopic (exact) mass is 329 g/mol. The fraction of sp³-hybridized carbons (Fsp3) is 0.286. The molecule has 1 atom stereocenters. The Morgan fingerprint density at radius 2 is 1.82 bits per heavy atom. The predicted molar refractivity (Wildman–Crippen MR) is 78.6 cm³/mol. The molecule has 0 fully saturated rings.